The van der Waals surface area contributed by atoms with E-state index >= 15 is 0 Å². The lowest BCUT2D eigenvalue weighted by Gasteiger charge is -2.12. The van der Waals surface area contributed by atoms with Gasteiger partial charge in [0.25, 0.3) is 5.91 Å². The molecule has 4 rings (SSSR count). The summed E-state index contributed by atoms with van der Waals surface area (Å²) in [5.74, 6) is -0.225. The Morgan fingerprint density at radius 3 is 2.55 bits per heavy atom. The minimum Gasteiger partial charge on any atom is -0.372 e. The molecule has 0 radical (unpaired) electrons. The Morgan fingerprint density at radius 1 is 1.03 bits per heavy atom. The van der Waals surface area contributed by atoms with E-state index in [0.717, 1.165) is 34.3 Å². The molecule has 4 aromatic rings. The molecule has 0 fully saturated rings. The summed E-state index contributed by atoms with van der Waals surface area (Å²) in [5, 5.41) is 6.65. The van der Waals surface area contributed by atoms with Gasteiger partial charge < -0.3 is 10.6 Å². The highest BCUT2D eigenvalue weighted by atomic mass is 35.5. The first-order chi connectivity index (χ1) is 15.7. The molecule has 6 nitrogen and oxygen atoms in total. The number of anilines is 2. The number of amides is 1. The number of aryl methyl sites for hydroxylation is 1. The fourth-order valence-corrected chi connectivity index (χ4v) is 3.63. The van der Waals surface area contributed by atoms with Gasteiger partial charge in [0.1, 0.15) is 16.5 Å². The van der Waals surface area contributed by atoms with E-state index in [1.807, 2.05) is 13.0 Å². The number of benzene rings is 1. The van der Waals surface area contributed by atoms with E-state index in [4.69, 9.17) is 11.6 Å². The normalized spacial score (nSPS) is 11.5. The molecular weight excluding hydrogens is 455 g/mol. The van der Waals surface area contributed by atoms with Crippen molar-refractivity contribution in [2.24, 2.45) is 0 Å². The van der Waals surface area contributed by atoms with Crippen LogP contribution < -0.4 is 10.6 Å². The number of aromatic nitrogens is 3. The maximum absolute atomic E-state index is 12.9. The smallest absolute Gasteiger partial charge is 0.372 e. The van der Waals surface area contributed by atoms with Crippen molar-refractivity contribution in [3.05, 3.63) is 76.8 Å². The second-order valence-electron chi connectivity index (χ2n) is 7.24. The molecular formula is C23H17ClF3N5O. The number of carbonyl (C=O) groups is 1. The number of rotatable bonds is 4. The van der Waals surface area contributed by atoms with Gasteiger partial charge in [0, 0.05) is 42.3 Å². The Hall–Kier alpha value is -3.72. The van der Waals surface area contributed by atoms with Crippen molar-refractivity contribution >= 4 is 39.9 Å². The third-order valence-corrected chi connectivity index (χ3v) is 5.39. The van der Waals surface area contributed by atoms with Crippen LogP contribution in [0.5, 0.6) is 0 Å². The minimum atomic E-state index is -4.57. The van der Waals surface area contributed by atoms with Gasteiger partial charge in [-0.05, 0) is 48.4 Å². The van der Waals surface area contributed by atoms with Gasteiger partial charge in [0.2, 0.25) is 0 Å². The summed E-state index contributed by atoms with van der Waals surface area (Å²) in [6.07, 6.45) is -0.290. The third-order valence-electron chi connectivity index (χ3n) is 5.03. The molecule has 0 aliphatic rings. The summed E-state index contributed by atoms with van der Waals surface area (Å²) in [6, 6.07) is 8.59. The standard InChI is InChI=1S/C23H17ClF3N5O/c1-12-3-4-16(32-22(33)18-8-15(5-6-29-18)23(25,26)27)9-17(12)13-7-14-11-31-21(28-2)19(24)20(14)30-10-13/h3-11H,1-2H3,(H,28,31)(H,32,33). The third kappa shape index (κ3) is 4.58. The average Bonchev–Trinajstić information content (AvgIpc) is 2.80. The molecule has 0 unspecified atom stereocenters. The maximum Gasteiger partial charge on any atom is 0.416 e. The van der Waals surface area contributed by atoms with Crippen LogP contribution in [0.3, 0.4) is 0 Å². The number of fused-ring (bicyclic) bond motifs is 1. The predicted octanol–water partition coefficient (Wildman–Crippen LogP) is 5.97. The van der Waals surface area contributed by atoms with Crippen molar-refractivity contribution in [3.8, 4) is 11.1 Å². The maximum atomic E-state index is 12.9. The van der Waals surface area contributed by atoms with Crippen molar-refractivity contribution in [3.63, 3.8) is 0 Å². The SMILES string of the molecule is CNc1ncc2cc(-c3cc(NC(=O)c4cc(C(F)(F)F)ccn4)ccc3C)cnc2c1Cl. The molecule has 3 aromatic heterocycles. The molecule has 1 amide bonds. The molecule has 2 N–H and O–H groups in total. The van der Waals surface area contributed by atoms with Gasteiger partial charge >= 0.3 is 6.18 Å². The van der Waals surface area contributed by atoms with E-state index in [0.29, 0.717) is 28.1 Å². The van der Waals surface area contributed by atoms with E-state index in [2.05, 4.69) is 25.6 Å². The van der Waals surface area contributed by atoms with Gasteiger partial charge in [0.15, 0.2) is 0 Å². The van der Waals surface area contributed by atoms with Crippen LogP contribution in [0, 0.1) is 6.92 Å². The van der Waals surface area contributed by atoms with Gasteiger partial charge in [-0.2, -0.15) is 13.2 Å². The number of nitrogens with zero attached hydrogens (tertiary/aromatic N) is 3. The highest BCUT2D eigenvalue weighted by molar-refractivity contribution is 6.37. The number of nitrogens with one attached hydrogen (secondary N) is 2. The highest BCUT2D eigenvalue weighted by Crippen LogP contribution is 2.33. The molecule has 1 aromatic carbocycles. The molecule has 3 heterocycles. The van der Waals surface area contributed by atoms with Crippen LogP contribution >= 0.6 is 11.6 Å². The Kier molecular flexibility index (Phi) is 5.90. The van der Waals surface area contributed by atoms with Crippen molar-refractivity contribution in [1.82, 2.24) is 15.0 Å². The second kappa shape index (κ2) is 8.67. The quantitative estimate of drug-likeness (QED) is 0.383. The summed E-state index contributed by atoms with van der Waals surface area (Å²) >= 11 is 6.34. The lowest BCUT2D eigenvalue weighted by molar-refractivity contribution is -0.137. The molecule has 33 heavy (non-hydrogen) atoms. The minimum absolute atomic E-state index is 0.333. The van der Waals surface area contributed by atoms with Crippen LogP contribution in [0.2, 0.25) is 5.02 Å². The summed E-state index contributed by atoms with van der Waals surface area (Å²) in [6.45, 7) is 1.90. The molecule has 0 saturated carbocycles. The summed E-state index contributed by atoms with van der Waals surface area (Å²) < 4.78 is 38.8. The van der Waals surface area contributed by atoms with Gasteiger partial charge in [-0.15, -0.1) is 0 Å². The van der Waals surface area contributed by atoms with E-state index in [-0.39, 0.29) is 5.69 Å². The Labute approximate surface area is 191 Å². The highest BCUT2D eigenvalue weighted by Gasteiger charge is 2.31. The first-order valence-electron chi connectivity index (χ1n) is 9.75. The van der Waals surface area contributed by atoms with E-state index in [1.54, 1.807) is 37.6 Å². The molecule has 0 spiro atoms. The molecule has 0 bridgehead atoms. The van der Waals surface area contributed by atoms with E-state index < -0.39 is 17.6 Å². The number of halogens is 4. The van der Waals surface area contributed by atoms with Crippen LogP contribution in [0.4, 0.5) is 24.7 Å². The van der Waals surface area contributed by atoms with Crippen LogP contribution in [0.1, 0.15) is 21.6 Å². The number of alkyl halides is 3. The van der Waals surface area contributed by atoms with Gasteiger partial charge in [-0.1, -0.05) is 17.7 Å². The molecule has 10 heteroatoms. The summed E-state index contributed by atoms with van der Waals surface area (Å²) in [4.78, 5) is 25.0. The summed E-state index contributed by atoms with van der Waals surface area (Å²) in [5.41, 5.74) is 2.19. The van der Waals surface area contributed by atoms with Crippen molar-refractivity contribution in [2.45, 2.75) is 13.1 Å². The number of hydrogen-bond acceptors (Lipinski definition) is 5. The Bertz CT molecular complexity index is 1370. The first kappa shape index (κ1) is 22.5. The fourth-order valence-electron chi connectivity index (χ4n) is 3.33. The first-order valence-corrected chi connectivity index (χ1v) is 10.1. The monoisotopic (exact) mass is 471 g/mol. The Balaban J connectivity index is 1.65. The molecule has 168 valence electrons. The lowest BCUT2D eigenvalue weighted by atomic mass is 10.00. The largest absolute Gasteiger partial charge is 0.416 e. The van der Waals surface area contributed by atoms with Gasteiger partial charge in [-0.25, -0.2) is 4.98 Å². The zero-order chi connectivity index (χ0) is 23.8. The second-order valence-corrected chi connectivity index (χ2v) is 7.62. The van der Waals surface area contributed by atoms with Crippen molar-refractivity contribution in [1.29, 1.82) is 0 Å². The number of carbonyl (C=O) groups excluding carboxylic acids is 1. The zero-order valence-corrected chi connectivity index (χ0v) is 18.2. The predicted molar refractivity (Wildman–Crippen MR) is 121 cm³/mol. The van der Waals surface area contributed by atoms with Crippen molar-refractivity contribution < 1.29 is 18.0 Å². The van der Waals surface area contributed by atoms with E-state index in [9.17, 15) is 18.0 Å². The topological polar surface area (TPSA) is 79.8 Å². The van der Waals surface area contributed by atoms with Gasteiger partial charge in [0.05, 0.1) is 11.1 Å². The molecule has 0 aliphatic carbocycles. The average molecular weight is 472 g/mol. The van der Waals surface area contributed by atoms with Crippen LogP contribution in [0.15, 0.2) is 55.0 Å². The van der Waals surface area contributed by atoms with E-state index in [1.165, 1.54) is 0 Å². The van der Waals surface area contributed by atoms with Crippen LogP contribution in [-0.2, 0) is 6.18 Å². The van der Waals surface area contributed by atoms with Crippen LogP contribution in [-0.4, -0.2) is 27.9 Å². The van der Waals surface area contributed by atoms with Crippen LogP contribution in [0.25, 0.3) is 22.0 Å². The number of pyridine rings is 3. The number of hydrogen-bond donors (Lipinski definition) is 2. The zero-order valence-electron chi connectivity index (χ0n) is 17.5. The Morgan fingerprint density at radius 2 is 1.82 bits per heavy atom. The summed E-state index contributed by atoms with van der Waals surface area (Å²) in [7, 11) is 1.71. The van der Waals surface area contributed by atoms with Crippen molar-refractivity contribution in [2.75, 3.05) is 17.7 Å². The molecule has 0 saturated heterocycles. The molecule has 0 aliphatic heterocycles. The fraction of sp³-hybridized carbons (Fsp3) is 0.130. The van der Waals surface area contributed by atoms with Gasteiger partial charge in [-0.3, -0.25) is 14.8 Å². The lowest BCUT2D eigenvalue weighted by Crippen LogP contribution is -2.15. The molecule has 0 atom stereocenters.